The highest BCUT2D eigenvalue weighted by molar-refractivity contribution is 5.77. The fourth-order valence-electron chi connectivity index (χ4n) is 1.84. The molecule has 4 heteroatoms. The van der Waals surface area contributed by atoms with Gasteiger partial charge in [-0.1, -0.05) is 13.8 Å². The highest BCUT2D eigenvalue weighted by Gasteiger charge is 2.21. The molecule has 0 unspecified atom stereocenters. The monoisotopic (exact) mass is 214 g/mol. The van der Waals surface area contributed by atoms with Gasteiger partial charge in [0.1, 0.15) is 6.61 Å². The van der Waals surface area contributed by atoms with Crippen LogP contribution in [0.4, 0.5) is 0 Å². The molecular weight excluding hydrogens is 192 g/mol. The molecule has 15 heavy (non-hydrogen) atoms. The average molecular weight is 214 g/mol. The Kier molecular flexibility index (Phi) is 5.05. The number of rotatable bonds is 4. The molecule has 1 rings (SSSR count). The van der Waals surface area contributed by atoms with Crippen molar-refractivity contribution in [3.05, 3.63) is 0 Å². The Labute approximate surface area is 91.6 Å². The van der Waals surface area contributed by atoms with Gasteiger partial charge in [0.15, 0.2) is 0 Å². The smallest absolute Gasteiger partial charge is 0.248 e. The molecule has 1 heterocycles. The molecule has 0 bridgehead atoms. The number of amides is 1. The lowest BCUT2D eigenvalue weighted by molar-refractivity contribution is -0.135. The molecule has 1 saturated heterocycles. The quantitative estimate of drug-likeness (QED) is 0.703. The molecule has 4 nitrogen and oxygen atoms in total. The first-order valence-corrected chi connectivity index (χ1v) is 5.75. The molecule has 2 N–H and O–H groups in total. The van der Waals surface area contributed by atoms with Gasteiger partial charge in [-0.15, -0.1) is 0 Å². The minimum Gasteiger partial charge on any atom is -0.387 e. The van der Waals surface area contributed by atoms with Crippen LogP contribution in [-0.2, 0) is 4.79 Å². The Balaban J connectivity index is 2.21. The van der Waals surface area contributed by atoms with E-state index in [9.17, 15) is 4.79 Å². The highest BCUT2D eigenvalue weighted by Crippen LogP contribution is 2.10. The number of aliphatic hydroxyl groups is 1. The molecule has 1 aliphatic heterocycles. The second kappa shape index (κ2) is 6.08. The summed E-state index contributed by atoms with van der Waals surface area (Å²) in [5, 5.41) is 12.2. The van der Waals surface area contributed by atoms with Crippen molar-refractivity contribution in [3.8, 4) is 0 Å². The van der Waals surface area contributed by atoms with Gasteiger partial charge in [0, 0.05) is 19.1 Å². The zero-order valence-corrected chi connectivity index (χ0v) is 9.70. The summed E-state index contributed by atoms with van der Waals surface area (Å²) < 4.78 is 0. The van der Waals surface area contributed by atoms with E-state index in [0.717, 1.165) is 32.5 Å². The first-order valence-electron chi connectivity index (χ1n) is 5.75. The Hall–Kier alpha value is -0.610. The lowest BCUT2D eigenvalue weighted by atomic mass is 10.0. The van der Waals surface area contributed by atoms with Crippen LogP contribution >= 0.6 is 0 Å². The van der Waals surface area contributed by atoms with E-state index in [1.165, 1.54) is 0 Å². The summed E-state index contributed by atoms with van der Waals surface area (Å²) in [6.07, 6.45) is 2.00. The molecule has 0 aliphatic carbocycles. The number of aliphatic hydroxyl groups excluding tert-OH is 1. The van der Waals surface area contributed by atoms with Crippen molar-refractivity contribution in [1.29, 1.82) is 0 Å². The first-order chi connectivity index (χ1) is 7.13. The van der Waals surface area contributed by atoms with E-state index in [4.69, 9.17) is 5.11 Å². The Bertz CT molecular complexity index is 199. The summed E-state index contributed by atoms with van der Waals surface area (Å²) >= 11 is 0. The number of carbonyl (C=O) groups excluding carboxylic acids is 1. The van der Waals surface area contributed by atoms with E-state index < -0.39 is 0 Å². The largest absolute Gasteiger partial charge is 0.387 e. The molecular formula is C11H22N2O2. The van der Waals surface area contributed by atoms with E-state index in [1.807, 2.05) is 0 Å². The zero-order chi connectivity index (χ0) is 11.3. The third kappa shape index (κ3) is 4.18. The molecule has 0 aromatic rings. The number of nitrogens with zero attached hydrogens (tertiary/aromatic N) is 1. The van der Waals surface area contributed by atoms with E-state index in [1.54, 1.807) is 4.90 Å². The van der Waals surface area contributed by atoms with Crippen molar-refractivity contribution >= 4 is 5.91 Å². The summed E-state index contributed by atoms with van der Waals surface area (Å²) in [7, 11) is 0. The van der Waals surface area contributed by atoms with Crippen LogP contribution in [0.15, 0.2) is 0 Å². The van der Waals surface area contributed by atoms with Gasteiger partial charge in [-0.2, -0.15) is 0 Å². The predicted octanol–water partition coefficient (Wildman–Crippen LogP) is 0.215. The molecule has 1 fully saturated rings. The molecule has 0 radical (unpaired) electrons. The number of hydrogen-bond acceptors (Lipinski definition) is 3. The molecule has 0 spiro atoms. The molecule has 0 saturated carbocycles. The van der Waals surface area contributed by atoms with Gasteiger partial charge in [-0.25, -0.2) is 0 Å². The minimum atomic E-state index is -0.357. The van der Waals surface area contributed by atoms with Gasteiger partial charge in [0.05, 0.1) is 0 Å². The molecule has 0 aromatic carbocycles. The van der Waals surface area contributed by atoms with E-state index in [-0.39, 0.29) is 12.5 Å². The molecule has 1 amide bonds. The SMILES string of the molecule is CC(C)CNC1CCN(C(=O)CO)CC1. The van der Waals surface area contributed by atoms with Crippen LogP contribution < -0.4 is 5.32 Å². The highest BCUT2D eigenvalue weighted by atomic mass is 16.3. The van der Waals surface area contributed by atoms with Crippen molar-refractivity contribution in [2.75, 3.05) is 26.2 Å². The molecule has 0 aromatic heterocycles. The first kappa shape index (κ1) is 12.5. The number of piperidine rings is 1. The van der Waals surface area contributed by atoms with Crippen molar-refractivity contribution in [2.24, 2.45) is 5.92 Å². The second-order valence-corrected chi connectivity index (χ2v) is 4.62. The molecule has 1 aliphatic rings. The third-order valence-corrected chi connectivity index (χ3v) is 2.80. The molecule has 88 valence electrons. The van der Waals surface area contributed by atoms with Crippen molar-refractivity contribution in [3.63, 3.8) is 0 Å². The van der Waals surface area contributed by atoms with Gasteiger partial charge in [-0.05, 0) is 25.3 Å². The number of likely N-dealkylation sites (tertiary alicyclic amines) is 1. The van der Waals surface area contributed by atoms with Crippen LogP contribution in [0.2, 0.25) is 0 Å². The lowest BCUT2D eigenvalue weighted by Gasteiger charge is -2.32. The third-order valence-electron chi connectivity index (χ3n) is 2.80. The maximum Gasteiger partial charge on any atom is 0.248 e. The van der Waals surface area contributed by atoms with Gasteiger partial charge in [0.25, 0.3) is 0 Å². The van der Waals surface area contributed by atoms with Crippen LogP contribution in [0.5, 0.6) is 0 Å². The topological polar surface area (TPSA) is 52.6 Å². The summed E-state index contributed by atoms with van der Waals surface area (Å²) in [6.45, 7) is 6.61. The molecule has 0 atom stereocenters. The minimum absolute atomic E-state index is 0.141. The number of nitrogens with one attached hydrogen (secondary N) is 1. The van der Waals surface area contributed by atoms with Crippen LogP contribution in [0, 0.1) is 5.92 Å². The summed E-state index contributed by atoms with van der Waals surface area (Å²) in [5.41, 5.74) is 0. The second-order valence-electron chi connectivity index (χ2n) is 4.62. The number of carbonyl (C=O) groups is 1. The normalized spacial score (nSPS) is 18.5. The fourth-order valence-corrected chi connectivity index (χ4v) is 1.84. The van der Waals surface area contributed by atoms with E-state index >= 15 is 0 Å². The van der Waals surface area contributed by atoms with Crippen LogP contribution in [0.25, 0.3) is 0 Å². The van der Waals surface area contributed by atoms with Gasteiger partial charge in [0.2, 0.25) is 5.91 Å². The van der Waals surface area contributed by atoms with Crippen molar-refractivity contribution in [1.82, 2.24) is 10.2 Å². The Morgan fingerprint density at radius 1 is 1.47 bits per heavy atom. The average Bonchev–Trinajstić information content (AvgIpc) is 2.26. The maximum atomic E-state index is 11.2. The summed E-state index contributed by atoms with van der Waals surface area (Å²) in [6, 6.07) is 0.537. The fraction of sp³-hybridized carbons (Fsp3) is 0.909. The Morgan fingerprint density at radius 2 is 2.07 bits per heavy atom. The van der Waals surface area contributed by atoms with E-state index in [2.05, 4.69) is 19.2 Å². The van der Waals surface area contributed by atoms with Crippen molar-refractivity contribution < 1.29 is 9.90 Å². The zero-order valence-electron chi connectivity index (χ0n) is 9.70. The summed E-state index contributed by atoms with van der Waals surface area (Å²) in [4.78, 5) is 12.9. The standard InChI is InChI=1S/C11H22N2O2/c1-9(2)7-12-10-3-5-13(6-4-10)11(15)8-14/h9-10,12,14H,3-8H2,1-2H3. The lowest BCUT2D eigenvalue weighted by Crippen LogP contribution is -2.46. The van der Waals surface area contributed by atoms with Crippen molar-refractivity contribution in [2.45, 2.75) is 32.7 Å². The van der Waals surface area contributed by atoms with Crippen LogP contribution in [-0.4, -0.2) is 48.2 Å². The van der Waals surface area contributed by atoms with Gasteiger partial charge < -0.3 is 15.3 Å². The summed E-state index contributed by atoms with van der Waals surface area (Å²) in [5.74, 6) is 0.527. The maximum absolute atomic E-state index is 11.2. The van der Waals surface area contributed by atoms with Crippen LogP contribution in [0.1, 0.15) is 26.7 Å². The van der Waals surface area contributed by atoms with Gasteiger partial charge in [-0.3, -0.25) is 4.79 Å². The predicted molar refractivity (Wildman–Crippen MR) is 59.5 cm³/mol. The van der Waals surface area contributed by atoms with E-state index in [0.29, 0.717) is 12.0 Å². The Morgan fingerprint density at radius 3 is 2.53 bits per heavy atom. The number of hydrogen-bond donors (Lipinski definition) is 2. The van der Waals surface area contributed by atoms with Crippen LogP contribution in [0.3, 0.4) is 0 Å². The van der Waals surface area contributed by atoms with Gasteiger partial charge >= 0.3 is 0 Å².